The first-order valence-corrected chi connectivity index (χ1v) is 14.7. The van der Waals surface area contributed by atoms with Gasteiger partial charge in [0.1, 0.15) is 0 Å². The van der Waals surface area contributed by atoms with Gasteiger partial charge in [0.15, 0.2) is 0 Å². The topological polar surface area (TPSA) is 12.0 Å². The molecule has 3 rings (SSSR count). The molecule has 1 N–H and O–H groups in total. The molecular formula is C34H47NS. The summed E-state index contributed by atoms with van der Waals surface area (Å²) < 4.78 is 0. The SMILES string of the molecule is C=C=CCCNC(=C)c1ccc(C(CC2=CC(C)C(C3=CCC(C(C)C)C=C3)C(C)=C2)CC(C)C)s1. The molecule has 0 amide bonds. The molecule has 0 saturated heterocycles. The monoisotopic (exact) mass is 501 g/mol. The highest BCUT2D eigenvalue weighted by molar-refractivity contribution is 7.13. The van der Waals surface area contributed by atoms with Crippen LogP contribution in [0, 0.1) is 29.6 Å². The Morgan fingerprint density at radius 1 is 1.25 bits per heavy atom. The first-order valence-electron chi connectivity index (χ1n) is 13.8. The van der Waals surface area contributed by atoms with Crippen LogP contribution in [-0.2, 0) is 0 Å². The lowest BCUT2D eigenvalue weighted by molar-refractivity contribution is 0.457. The number of allylic oxidation sites excluding steroid dienone is 8. The van der Waals surface area contributed by atoms with Gasteiger partial charge in [0.2, 0.25) is 0 Å². The number of rotatable bonds is 12. The molecule has 1 heterocycles. The number of hydrogen-bond donors (Lipinski definition) is 1. The third-order valence-electron chi connectivity index (χ3n) is 7.62. The molecule has 0 saturated carbocycles. The van der Waals surface area contributed by atoms with Crippen LogP contribution in [0.4, 0.5) is 0 Å². The standard InChI is InChI=1S/C34H47NS/c1-9-10-11-18-35-27(8)32-16-17-33(36-32)31(19-23(2)3)22-28-20-25(6)34(26(7)21-28)30-14-12-29(13-15-30)24(4)5/h10,12,14-17,20-21,23-25,29,31,34-35H,1,8,11,13,18-19,22H2,2-7H3. The molecule has 1 aromatic heterocycles. The van der Waals surface area contributed by atoms with Gasteiger partial charge in [-0.15, -0.1) is 17.1 Å². The summed E-state index contributed by atoms with van der Waals surface area (Å²) in [6, 6.07) is 4.58. The Morgan fingerprint density at radius 2 is 2.03 bits per heavy atom. The van der Waals surface area contributed by atoms with Gasteiger partial charge in [0.05, 0.1) is 0 Å². The van der Waals surface area contributed by atoms with E-state index < -0.39 is 0 Å². The maximum atomic E-state index is 4.28. The molecule has 0 radical (unpaired) electrons. The van der Waals surface area contributed by atoms with Gasteiger partial charge < -0.3 is 5.32 Å². The van der Waals surface area contributed by atoms with Crippen LogP contribution < -0.4 is 5.32 Å². The van der Waals surface area contributed by atoms with Crippen molar-refractivity contribution < 1.29 is 0 Å². The Hall–Kier alpha value is -2.28. The Kier molecular flexibility index (Phi) is 10.5. The van der Waals surface area contributed by atoms with Crippen molar-refractivity contribution in [3.63, 3.8) is 0 Å². The van der Waals surface area contributed by atoms with E-state index in [4.69, 9.17) is 0 Å². The lowest BCUT2D eigenvalue weighted by atomic mass is 9.73. The van der Waals surface area contributed by atoms with E-state index in [0.717, 1.165) is 25.1 Å². The second kappa shape index (κ2) is 13.3. The second-order valence-electron chi connectivity index (χ2n) is 11.5. The van der Waals surface area contributed by atoms with Gasteiger partial charge in [-0.25, -0.2) is 0 Å². The molecule has 0 aromatic carbocycles. The van der Waals surface area contributed by atoms with Gasteiger partial charge >= 0.3 is 0 Å². The molecule has 2 aliphatic carbocycles. The van der Waals surface area contributed by atoms with Crippen molar-refractivity contribution in [3.8, 4) is 0 Å². The van der Waals surface area contributed by atoms with Crippen LogP contribution in [0.2, 0.25) is 0 Å². The zero-order valence-corrected chi connectivity index (χ0v) is 24.3. The van der Waals surface area contributed by atoms with Crippen molar-refractivity contribution in [2.24, 2.45) is 29.6 Å². The van der Waals surface area contributed by atoms with Gasteiger partial charge in [-0.05, 0) is 86.0 Å². The molecule has 1 aromatic rings. The van der Waals surface area contributed by atoms with Gasteiger partial charge in [-0.3, -0.25) is 0 Å². The first-order chi connectivity index (χ1) is 17.2. The minimum absolute atomic E-state index is 0.514. The average molecular weight is 502 g/mol. The third kappa shape index (κ3) is 7.61. The van der Waals surface area contributed by atoms with E-state index >= 15 is 0 Å². The lowest BCUT2D eigenvalue weighted by Gasteiger charge is -2.32. The molecule has 0 spiro atoms. The Bertz CT molecular complexity index is 1070. The highest BCUT2D eigenvalue weighted by Gasteiger charge is 2.27. The molecule has 2 aliphatic rings. The summed E-state index contributed by atoms with van der Waals surface area (Å²) in [5, 5.41) is 3.45. The van der Waals surface area contributed by atoms with Crippen molar-refractivity contribution in [3.05, 3.63) is 94.0 Å². The molecule has 0 fully saturated rings. The summed E-state index contributed by atoms with van der Waals surface area (Å²) in [6.07, 6.45) is 18.8. The first kappa shape index (κ1) is 28.3. The van der Waals surface area contributed by atoms with E-state index in [0.29, 0.717) is 35.5 Å². The van der Waals surface area contributed by atoms with E-state index in [-0.39, 0.29) is 0 Å². The highest BCUT2D eigenvalue weighted by Crippen LogP contribution is 2.42. The summed E-state index contributed by atoms with van der Waals surface area (Å²) in [4.78, 5) is 2.72. The van der Waals surface area contributed by atoms with Gasteiger partial charge in [0.25, 0.3) is 0 Å². The lowest BCUT2D eigenvalue weighted by Crippen LogP contribution is -2.20. The third-order valence-corrected chi connectivity index (χ3v) is 8.93. The fraction of sp³-hybridized carbons (Fsp3) is 0.500. The number of nitrogens with one attached hydrogen (secondary N) is 1. The maximum Gasteiger partial charge on any atom is 0.0498 e. The molecule has 0 bridgehead atoms. The van der Waals surface area contributed by atoms with Crippen LogP contribution in [0.25, 0.3) is 5.70 Å². The summed E-state index contributed by atoms with van der Waals surface area (Å²) in [7, 11) is 0. The van der Waals surface area contributed by atoms with Gasteiger partial charge in [0, 0.05) is 27.9 Å². The molecule has 0 aliphatic heterocycles. The van der Waals surface area contributed by atoms with Crippen LogP contribution in [0.5, 0.6) is 0 Å². The van der Waals surface area contributed by atoms with Crippen molar-refractivity contribution in [1.82, 2.24) is 5.32 Å². The van der Waals surface area contributed by atoms with E-state index in [1.807, 2.05) is 17.4 Å². The quantitative estimate of drug-likeness (QED) is 0.222. The zero-order valence-electron chi connectivity index (χ0n) is 23.4. The van der Waals surface area contributed by atoms with E-state index in [2.05, 4.69) is 108 Å². The summed E-state index contributed by atoms with van der Waals surface area (Å²) in [6.45, 7) is 22.9. The minimum atomic E-state index is 0.514. The van der Waals surface area contributed by atoms with Crippen LogP contribution in [-0.4, -0.2) is 6.54 Å². The Labute approximate surface area is 225 Å². The molecular weight excluding hydrogens is 454 g/mol. The van der Waals surface area contributed by atoms with Crippen molar-refractivity contribution in [2.75, 3.05) is 6.54 Å². The molecule has 194 valence electrons. The van der Waals surface area contributed by atoms with E-state index in [9.17, 15) is 0 Å². The van der Waals surface area contributed by atoms with Crippen LogP contribution in [0.1, 0.15) is 82.9 Å². The number of thiophene rings is 1. The summed E-state index contributed by atoms with van der Waals surface area (Å²) in [5.74, 6) is 3.65. The van der Waals surface area contributed by atoms with Crippen molar-refractivity contribution >= 4 is 17.0 Å². The van der Waals surface area contributed by atoms with Crippen LogP contribution in [0.15, 0.2) is 84.2 Å². The zero-order chi connectivity index (χ0) is 26.2. The highest BCUT2D eigenvalue weighted by atomic mass is 32.1. The van der Waals surface area contributed by atoms with E-state index in [1.54, 1.807) is 0 Å². The van der Waals surface area contributed by atoms with Crippen LogP contribution in [0.3, 0.4) is 0 Å². The molecule has 4 unspecified atom stereocenters. The van der Waals surface area contributed by atoms with Crippen LogP contribution >= 0.6 is 11.3 Å². The molecule has 2 heteroatoms. The minimum Gasteiger partial charge on any atom is -0.384 e. The predicted octanol–water partition coefficient (Wildman–Crippen LogP) is 9.86. The molecule has 36 heavy (non-hydrogen) atoms. The van der Waals surface area contributed by atoms with Gasteiger partial charge in [-0.1, -0.05) is 89.3 Å². The summed E-state index contributed by atoms with van der Waals surface area (Å²) >= 11 is 1.90. The van der Waals surface area contributed by atoms with Crippen molar-refractivity contribution in [2.45, 2.75) is 73.1 Å². The van der Waals surface area contributed by atoms with Crippen molar-refractivity contribution in [1.29, 1.82) is 0 Å². The fourth-order valence-corrected chi connectivity index (χ4v) is 6.79. The smallest absolute Gasteiger partial charge is 0.0498 e. The predicted molar refractivity (Wildman–Crippen MR) is 161 cm³/mol. The molecule has 4 atom stereocenters. The largest absolute Gasteiger partial charge is 0.384 e. The maximum absolute atomic E-state index is 4.28. The normalized spacial score (nSPS) is 22.6. The Balaban J connectivity index is 1.71. The van der Waals surface area contributed by atoms with Gasteiger partial charge in [-0.2, -0.15) is 0 Å². The summed E-state index contributed by atoms with van der Waals surface area (Å²) in [5.41, 5.74) is 8.38. The van der Waals surface area contributed by atoms with E-state index in [1.165, 1.54) is 39.3 Å². The Morgan fingerprint density at radius 3 is 2.64 bits per heavy atom. The fourth-order valence-electron chi connectivity index (χ4n) is 5.72. The number of hydrogen-bond acceptors (Lipinski definition) is 2. The molecule has 1 nitrogen and oxygen atoms in total. The second-order valence-corrected chi connectivity index (χ2v) is 12.6. The average Bonchev–Trinajstić information content (AvgIpc) is 3.31.